The number of aromatic nitrogens is 1. The van der Waals surface area contributed by atoms with Gasteiger partial charge in [0.15, 0.2) is 0 Å². The van der Waals surface area contributed by atoms with Gasteiger partial charge in [0, 0.05) is 44.4 Å². The summed E-state index contributed by atoms with van der Waals surface area (Å²) in [5.41, 5.74) is 30.8. The molecule has 1 aromatic heterocycles. The Balaban J connectivity index is 0.700. The average molecular weight is 1390 g/mol. The fourth-order valence-electron chi connectivity index (χ4n) is 17.5. The molecule has 520 valence electrons. The first-order chi connectivity index (χ1) is 53.4. The largest absolute Gasteiger partial charge is 0.494 e. The molecule has 0 amide bonds. The number of anilines is 3. The van der Waals surface area contributed by atoms with Gasteiger partial charge in [-0.2, -0.15) is 0 Å². The second kappa shape index (κ2) is 29.1. The van der Waals surface area contributed by atoms with Gasteiger partial charge in [0.25, 0.3) is 0 Å². The fourth-order valence-corrected chi connectivity index (χ4v) is 17.5. The number of benzene rings is 15. The van der Waals surface area contributed by atoms with Gasteiger partial charge >= 0.3 is 0 Å². The lowest BCUT2D eigenvalue weighted by atomic mass is 9.69. The number of hydrogen-bond acceptors (Lipinski definition) is 3. The Labute approximate surface area is 634 Å². The molecule has 4 heteroatoms. The summed E-state index contributed by atoms with van der Waals surface area (Å²) in [5, 5.41) is 2.44. The summed E-state index contributed by atoms with van der Waals surface area (Å²) in [7, 11) is 0. The summed E-state index contributed by atoms with van der Waals surface area (Å²) < 4.78 is 15.1. The van der Waals surface area contributed by atoms with E-state index in [4.69, 9.17) is 9.47 Å². The van der Waals surface area contributed by atoms with Crippen molar-refractivity contribution in [2.24, 2.45) is 0 Å². The SMILES string of the molecule is C=Cc1ccc(OCCCCC2(c3ccccc3)c3ccccc3-c3ccc(-c4ccc(N(c5ccc(-c6ccc7c(c6)C(CCCCOc6ccc(C=C)cc6)(c6ccccc6)c6ccccc6-7)cc5)c5ccc(-c6ccc7c(c6)c6cc(-c8ccccc8)ccc6n7-c6ccccc6)cc5)cc4)cc32)cc1. The van der Waals surface area contributed by atoms with E-state index >= 15 is 0 Å². The third-order valence-corrected chi connectivity index (χ3v) is 22.8. The van der Waals surface area contributed by atoms with Crippen molar-refractivity contribution in [2.75, 3.05) is 18.1 Å². The van der Waals surface area contributed by atoms with Crippen molar-refractivity contribution >= 4 is 51.0 Å². The molecule has 15 aromatic carbocycles. The van der Waals surface area contributed by atoms with Crippen molar-refractivity contribution in [3.63, 3.8) is 0 Å². The minimum Gasteiger partial charge on any atom is -0.494 e. The average Bonchev–Trinajstić information content (AvgIpc) is 1.55. The predicted molar refractivity (Wildman–Crippen MR) is 452 cm³/mol. The molecule has 2 aliphatic carbocycles. The van der Waals surface area contributed by atoms with E-state index in [1.54, 1.807) is 0 Å². The standard InChI is InChI=1S/C104H82N2O2/c1-3-73-37-57-89(58-38-73)107-67-23-21-65-103(83-27-11-6-12-28-83)97-35-19-17-33-91(97)93-61-47-81(71-99(93)103)77-43-53-87(54-44-77)105(86-51-41-76(42-52-86)80-50-64-102-96(70-80)95-69-79(75-25-9-5-10-26-75)49-63-101(95)106(102)85-31-15-8-16-32-85)88-55-45-78(46-56-88)82-48-62-94-92-34-18-20-36-98(92)104(100(94)72-82,84-29-13-7-14-30-84)66-22-24-68-108-90-59-39-74(4-2)40-60-90/h3-20,25-64,69-72H,1-2,21-24,65-68H2. The molecule has 16 aromatic rings. The Morgan fingerprint density at radius 2 is 0.620 bits per heavy atom. The molecular formula is C104H82N2O2. The summed E-state index contributed by atoms with van der Waals surface area (Å²) in [6.45, 7) is 9.15. The normalized spacial score (nSPS) is 14.6. The number of nitrogens with zero attached hydrogens (tertiary/aromatic N) is 2. The molecular weight excluding hydrogens is 1310 g/mol. The molecule has 2 unspecified atom stereocenters. The summed E-state index contributed by atoms with van der Waals surface area (Å²) in [4.78, 5) is 2.42. The van der Waals surface area contributed by atoms with Crippen molar-refractivity contribution < 1.29 is 9.47 Å². The van der Waals surface area contributed by atoms with Gasteiger partial charge < -0.3 is 18.9 Å². The summed E-state index contributed by atoms with van der Waals surface area (Å²) in [5.74, 6) is 1.77. The van der Waals surface area contributed by atoms with Crippen molar-refractivity contribution in [3.05, 3.63) is 422 Å². The maximum atomic E-state index is 6.33. The van der Waals surface area contributed by atoms with Crippen molar-refractivity contribution in [1.82, 2.24) is 4.57 Å². The van der Waals surface area contributed by atoms with Crippen LogP contribution in [0.3, 0.4) is 0 Å². The van der Waals surface area contributed by atoms with E-state index in [0.717, 1.165) is 106 Å². The van der Waals surface area contributed by atoms with Crippen LogP contribution < -0.4 is 14.4 Å². The molecule has 0 radical (unpaired) electrons. The van der Waals surface area contributed by atoms with Crippen LogP contribution in [0.1, 0.15) is 83.0 Å². The Morgan fingerprint density at radius 3 is 1.03 bits per heavy atom. The molecule has 18 rings (SSSR count). The van der Waals surface area contributed by atoms with Crippen LogP contribution in [0.25, 0.3) is 106 Å². The first kappa shape index (κ1) is 66.9. The second-order valence-corrected chi connectivity index (χ2v) is 28.8. The summed E-state index contributed by atoms with van der Waals surface area (Å²) in [6.07, 6.45) is 9.44. The highest BCUT2D eigenvalue weighted by Gasteiger charge is 2.46. The van der Waals surface area contributed by atoms with Gasteiger partial charge in [0.1, 0.15) is 11.5 Å². The molecule has 0 fully saturated rings. The molecule has 0 N–H and O–H groups in total. The van der Waals surface area contributed by atoms with Gasteiger partial charge in [0.2, 0.25) is 0 Å². The van der Waals surface area contributed by atoms with Crippen LogP contribution in [-0.2, 0) is 10.8 Å². The van der Waals surface area contributed by atoms with Crippen LogP contribution in [-0.4, -0.2) is 17.8 Å². The smallest absolute Gasteiger partial charge is 0.119 e. The minimum absolute atomic E-state index is 0.353. The van der Waals surface area contributed by atoms with E-state index in [0.29, 0.717) is 13.2 Å². The summed E-state index contributed by atoms with van der Waals surface area (Å²) in [6, 6.07) is 134. The van der Waals surface area contributed by atoms with Crippen LogP contribution in [0.4, 0.5) is 17.1 Å². The number of unbranched alkanes of at least 4 members (excludes halogenated alkanes) is 2. The highest BCUT2D eigenvalue weighted by Crippen LogP contribution is 2.58. The van der Waals surface area contributed by atoms with Crippen molar-refractivity contribution in [2.45, 2.75) is 49.4 Å². The van der Waals surface area contributed by atoms with E-state index < -0.39 is 0 Å². The number of fused-ring (bicyclic) bond motifs is 9. The molecule has 0 bridgehead atoms. The van der Waals surface area contributed by atoms with Gasteiger partial charge in [-0.3, -0.25) is 0 Å². The first-order valence-electron chi connectivity index (χ1n) is 38.0. The third-order valence-electron chi connectivity index (χ3n) is 22.8. The number of rotatable bonds is 24. The Kier molecular flexibility index (Phi) is 18.1. The zero-order valence-electron chi connectivity index (χ0n) is 60.6. The van der Waals surface area contributed by atoms with E-state index in [9.17, 15) is 0 Å². The molecule has 4 nitrogen and oxygen atoms in total. The van der Waals surface area contributed by atoms with Crippen molar-refractivity contribution in [3.8, 4) is 83.9 Å². The highest BCUT2D eigenvalue weighted by atomic mass is 16.5. The minimum atomic E-state index is -0.353. The third kappa shape index (κ3) is 12.3. The molecule has 0 aliphatic heterocycles. The number of ether oxygens (including phenoxy) is 2. The van der Waals surface area contributed by atoms with E-state index in [1.807, 2.05) is 36.4 Å². The van der Waals surface area contributed by atoms with Crippen LogP contribution in [0.15, 0.2) is 377 Å². The lowest BCUT2D eigenvalue weighted by Gasteiger charge is -2.33. The van der Waals surface area contributed by atoms with Gasteiger partial charge in [-0.1, -0.05) is 280 Å². The Hall–Kier alpha value is -13.0. The Morgan fingerprint density at radius 1 is 0.287 bits per heavy atom. The van der Waals surface area contributed by atoms with Gasteiger partial charge in [0.05, 0.1) is 24.2 Å². The zero-order valence-corrected chi connectivity index (χ0v) is 60.6. The number of para-hydroxylation sites is 1. The van der Waals surface area contributed by atoms with Crippen LogP contribution in [0.5, 0.6) is 11.5 Å². The Bertz CT molecular complexity index is 5680. The van der Waals surface area contributed by atoms with Gasteiger partial charge in [-0.15, -0.1) is 0 Å². The molecule has 0 saturated carbocycles. The monoisotopic (exact) mass is 1390 g/mol. The maximum Gasteiger partial charge on any atom is 0.119 e. The number of hydrogen-bond donors (Lipinski definition) is 0. The van der Waals surface area contributed by atoms with Gasteiger partial charge in [-0.25, -0.2) is 0 Å². The van der Waals surface area contributed by atoms with Crippen molar-refractivity contribution in [1.29, 1.82) is 0 Å². The zero-order chi connectivity index (χ0) is 72.4. The first-order valence-corrected chi connectivity index (χ1v) is 38.0. The molecule has 108 heavy (non-hydrogen) atoms. The highest BCUT2D eigenvalue weighted by molar-refractivity contribution is 6.12. The van der Waals surface area contributed by atoms with Crippen LogP contribution in [0.2, 0.25) is 0 Å². The van der Waals surface area contributed by atoms with E-state index in [1.165, 1.54) is 99.7 Å². The molecule has 2 atom stereocenters. The van der Waals surface area contributed by atoms with Gasteiger partial charge in [-0.05, 0) is 259 Å². The molecule has 2 aliphatic rings. The maximum absolute atomic E-state index is 6.33. The molecule has 0 spiro atoms. The van der Waals surface area contributed by atoms with E-state index in [2.05, 4.69) is 362 Å². The molecule has 0 saturated heterocycles. The lowest BCUT2D eigenvalue weighted by Crippen LogP contribution is -2.27. The second-order valence-electron chi connectivity index (χ2n) is 28.8. The van der Waals surface area contributed by atoms with E-state index in [-0.39, 0.29) is 10.8 Å². The topological polar surface area (TPSA) is 26.6 Å². The quantitative estimate of drug-likeness (QED) is 0.0564. The lowest BCUT2D eigenvalue weighted by molar-refractivity contribution is 0.301. The summed E-state index contributed by atoms with van der Waals surface area (Å²) >= 11 is 0. The van der Waals surface area contributed by atoms with Crippen LogP contribution in [0, 0.1) is 0 Å². The molecule has 1 heterocycles. The predicted octanol–water partition coefficient (Wildman–Crippen LogP) is 27.3. The fraction of sp³-hybridized carbons (Fsp3) is 0.0962. The van der Waals surface area contributed by atoms with Crippen LogP contribution >= 0.6 is 0 Å².